The summed E-state index contributed by atoms with van der Waals surface area (Å²) in [6.07, 6.45) is 11.1. The van der Waals surface area contributed by atoms with E-state index in [1.807, 2.05) is 0 Å². The molecule has 1 aliphatic rings. The summed E-state index contributed by atoms with van der Waals surface area (Å²) >= 11 is 0. The van der Waals surface area contributed by atoms with Crippen molar-refractivity contribution < 1.29 is 14.7 Å². The van der Waals surface area contributed by atoms with Crippen molar-refractivity contribution in [3.05, 3.63) is 0 Å². The summed E-state index contributed by atoms with van der Waals surface area (Å²) in [6, 6.07) is -0.388. The zero-order valence-electron chi connectivity index (χ0n) is 10.5. The maximum absolute atomic E-state index is 11.8. The van der Waals surface area contributed by atoms with Crippen LogP contribution in [0, 0.1) is 18.3 Å². The number of aliphatic carboxylic acids is 1. The van der Waals surface area contributed by atoms with E-state index in [-0.39, 0.29) is 19.1 Å². The Morgan fingerprint density at radius 3 is 2.56 bits per heavy atom. The number of carboxylic acids is 1. The predicted octanol–water partition coefficient (Wildman–Crippen LogP) is 1.30. The second kappa shape index (κ2) is 7.59. The molecule has 18 heavy (non-hydrogen) atoms. The quantitative estimate of drug-likeness (QED) is 0.724. The number of nitrogens with one attached hydrogen (secondary N) is 1. The van der Waals surface area contributed by atoms with Crippen LogP contribution in [0.3, 0.4) is 0 Å². The van der Waals surface area contributed by atoms with Gasteiger partial charge in [-0.05, 0) is 18.8 Å². The molecule has 0 aromatic rings. The Kier molecular flexibility index (Phi) is 6.06. The Bertz CT molecular complexity index is 330. The summed E-state index contributed by atoms with van der Waals surface area (Å²) in [4.78, 5) is 23.5. The zero-order valence-corrected chi connectivity index (χ0v) is 10.5. The number of carboxylic acid groups (broad SMARTS) is 1. The second-order valence-corrected chi connectivity index (χ2v) is 4.64. The number of hydrogen-bond donors (Lipinski definition) is 2. The molecule has 0 bridgehead atoms. The molecule has 1 aliphatic carbocycles. The molecule has 0 spiro atoms. The molecule has 0 heterocycles. The van der Waals surface area contributed by atoms with Gasteiger partial charge in [0.1, 0.15) is 6.54 Å². The fraction of sp³-hybridized carbons (Fsp3) is 0.692. The van der Waals surface area contributed by atoms with Crippen LogP contribution < -0.4 is 5.32 Å². The van der Waals surface area contributed by atoms with E-state index < -0.39 is 5.97 Å². The van der Waals surface area contributed by atoms with Gasteiger partial charge < -0.3 is 15.3 Å². The van der Waals surface area contributed by atoms with Gasteiger partial charge in [-0.2, -0.15) is 0 Å². The Labute approximate surface area is 108 Å². The molecule has 0 aromatic heterocycles. The van der Waals surface area contributed by atoms with Gasteiger partial charge in [0.25, 0.3) is 0 Å². The van der Waals surface area contributed by atoms with Gasteiger partial charge in [0, 0.05) is 6.54 Å². The fourth-order valence-corrected chi connectivity index (χ4v) is 2.21. The van der Waals surface area contributed by atoms with E-state index in [0.29, 0.717) is 12.5 Å². The molecule has 0 atom stereocenters. The van der Waals surface area contributed by atoms with Crippen LogP contribution >= 0.6 is 0 Å². The van der Waals surface area contributed by atoms with Gasteiger partial charge in [-0.15, -0.1) is 6.42 Å². The Balaban J connectivity index is 2.35. The van der Waals surface area contributed by atoms with Crippen molar-refractivity contribution in [2.45, 2.75) is 32.1 Å². The molecule has 100 valence electrons. The Hall–Kier alpha value is -1.70. The third-order valence-electron chi connectivity index (χ3n) is 3.16. The topological polar surface area (TPSA) is 69.6 Å². The lowest BCUT2D eigenvalue weighted by Crippen LogP contribution is -2.44. The van der Waals surface area contributed by atoms with Crippen LogP contribution in [0.4, 0.5) is 4.79 Å². The Morgan fingerprint density at radius 2 is 2.00 bits per heavy atom. The number of urea groups is 1. The minimum atomic E-state index is -1.06. The molecule has 0 saturated heterocycles. The molecule has 0 radical (unpaired) electrons. The maximum Gasteiger partial charge on any atom is 0.323 e. The summed E-state index contributed by atoms with van der Waals surface area (Å²) in [7, 11) is 0. The van der Waals surface area contributed by atoms with Crippen LogP contribution in [0.25, 0.3) is 0 Å². The number of hydrogen-bond acceptors (Lipinski definition) is 2. The molecule has 2 amide bonds. The van der Waals surface area contributed by atoms with Crippen molar-refractivity contribution in [1.29, 1.82) is 0 Å². The third kappa shape index (κ3) is 5.09. The van der Waals surface area contributed by atoms with Crippen LogP contribution in [-0.4, -0.2) is 41.6 Å². The lowest BCUT2D eigenvalue weighted by Gasteiger charge is -2.24. The van der Waals surface area contributed by atoms with Gasteiger partial charge in [-0.3, -0.25) is 4.79 Å². The number of amides is 2. The summed E-state index contributed by atoms with van der Waals surface area (Å²) in [5.74, 6) is 1.75. The van der Waals surface area contributed by atoms with Crippen molar-refractivity contribution in [2.24, 2.45) is 5.92 Å². The average Bonchev–Trinajstić information content (AvgIpc) is 2.36. The molecular formula is C13H20N2O3. The van der Waals surface area contributed by atoms with Crippen molar-refractivity contribution in [3.63, 3.8) is 0 Å². The summed E-state index contributed by atoms with van der Waals surface area (Å²) in [5, 5.41) is 11.5. The van der Waals surface area contributed by atoms with E-state index in [4.69, 9.17) is 11.5 Å². The number of nitrogens with zero attached hydrogens (tertiary/aromatic N) is 1. The molecular weight excluding hydrogens is 232 g/mol. The predicted molar refractivity (Wildman–Crippen MR) is 68.0 cm³/mol. The van der Waals surface area contributed by atoms with E-state index in [1.54, 1.807) is 0 Å². The first-order chi connectivity index (χ1) is 8.63. The smallest absolute Gasteiger partial charge is 0.323 e. The van der Waals surface area contributed by atoms with Crippen molar-refractivity contribution in [2.75, 3.05) is 19.6 Å². The minimum absolute atomic E-state index is 0.0167. The van der Waals surface area contributed by atoms with Crippen molar-refractivity contribution >= 4 is 12.0 Å². The first kappa shape index (κ1) is 14.4. The number of rotatable bonds is 5. The van der Waals surface area contributed by atoms with Crippen LogP contribution in [0.15, 0.2) is 0 Å². The standard InChI is InChI=1S/C13H20N2O3/c1-2-8-15(10-12(16)17)13(18)14-9-11-6-4-3-5-7-11/h1,11H,3-10H2,(H,14,18)(H,16,17). The van der Waals surface area contributed by atoms with Gasteiger partial charge >= 0.3 is 12.0 Å². The number of terminal acetylenes is 1. The van der Waals surface area contributed by atoms with Gasteiger partial charge in [-0.1, -0.05) is 25.2 Å². The fourth-order valence-electron chi connectivity index (χ4n) is 2.21. The monoisotopic (exact) mass is 252 g/mol. The van der Waals surface area contributed by atoms with Gasteiger partial charge in [0.05, 0.1) is 6.54 Å². The Morgan fingerprint density at radius 1 is 1.33 bits per heavy atom. The van der Waals surface area contributed by atoms with Crippen molar-refractivity contribution in [3.8, 4) is 12.3 Å². The lowest BCUT2D eigenvalue weighted by molar-refractivity contribution is -0.137. The maximum atomic E-state index is 11.8. The molecule has 5 nitrogen and oxygen atoms in total. The highest BCUT2D eigenvalue weighted by molar-refractivity contribution is 5.80. The molecule has 0 unspecified atom stereocenters. The summed E-state index contributed by atoms with van der Waals surface area (Å²) < 4.78 is 0. The van der Waals surface area contributed by atoms with Gasteiger partial charge in [0.2, 0.25) is 0 Å². The largest absolute Gasteiger partial charge is 0.480 e. The lowest BCUT2D eigenvalue weighted by atomic mass is 9.89. The average molecular weight is 252 g/mol. The molecule has 0 aromatic carbocycles. The van der Waals surface area contributed by atoms with E-state index in [1.165, 1.54) is 19.3 Å². The highest BCUT2D eigenvalue weighted by atomic mass is 16.4. The molecule has 1 saturated carbocycles. The summed E-state index contributed by atoms with van der Waals surface area (Å²) in [5.41, 5.74) is 0. The highest BCUT2D eigenvalue weighted by Gasteiger charge is 2.18. The first-order valence-electron chi connectivity index (χ1n) is 6.31. The van der Waals surface area contributed by atoms with E-state index >= 15 is 0 Å². The SMILES string of the molecule is C#CCN(CC(=O)O)C(=O)NCC1CCCCC1. The molecule has 1 fully saturated rings. The van der Waals surface area contributed by atoms with Crippen LogP contribution in [0.5, 0.6) is 0 Å². The minimum Gasteiger partial charge on any atom is -0.480 e. The third-order valence-corrected chi connectivity index (χ3v) is 3.16. The van der Waals surface area contributed by atoms with Crippen molar-refractivity contribution in [1.82, 2.24) is 10.2 Å². The van der Waals surface area contributed by atoms with E-state index in [0.717, 1.165) is 17.7 Å². The number of carbonyl (C=O) groups excluding carboxylic acids is 1. The second-order valence-electron chi connectivity index (χ2n) is 4.64. The highest BCUT2D eigenvalue weighted by Crippen LogP contribution is 2.22. The molecule has 1 rings (SSSR count). The van der Waals surface area contributed by atoms with Crippen LogP contribution in [-0.2, 0) is 4.79 Å². The molecule has 0 aliphatic heterocycles. The van der Waals surface area contributed by atoms with E-state index in [9.17, 15) is 9.59 Å². The zero-order chi connectivity index (χ0) is 13.4. The summed E-state index contributed by atoms with van der Waals surface area (Å²) in [6.45, 7) is 0.267. The molecule has 2 N–H and O–H groups in total. The van der Waals surface area contributed by atoms with Gasteiger partial charge in [-0.25, -0.2) is 4.79 Å². The van der Waals surface area contributed by atoms with Gasteiger partial charge in [0.15, 0.2) is 0 Å². The number of carbonyl (C=O) groups is 2. The van der Waals surface area contributed by atoms with Crippen LogP contribution in [0.1, 0.15) is 32.1 Å². The normalized spacial score (nSPS) is 15.7. The molecule has 5 heteroatoms. The van der Waals surface area contributed by atoms with Crippen LogP contribution in [0.2, 0.25) is 0 Å². The first-order valence-corrected chi connectivity index (χ1v) is 6.31. The van der Waals surface area contributed by atoms with E-state index in [2.05, 4.69) is 11.2 Å².